The Morgan fingerprint density at radius 2 is 2.07 bits per heavy atom. The Kier molecular flexibility index (Phi) is 4.86. The molecule has 1 fully saturated rings. The molecular formula is C22H25N3O2. The van der Waals surface area contributed by atoms with Crippen LogP contribution in [0.5, 0.6) is 5.75 Å². The van der Waals surface area contributed by atoms with E-state index in [1.165, 1.54) is 22.0 Å². The van der Waals surface area contributed by atoms with Crippen molar-refractivity contribution in [2.45, 2.75) is 25.9 Å². The van der Waals surface area contributed by atoms with Crippen molar-refractivity contribution in [1.29, 1.82) is 0 Å². The summed E-state index contributed by atoms with van der Waals surface area (Å²) in [5, 5.41) is 4.44. The minimum absolute atomic E-state index is 0.0212. The second-order valence-electron chi connectivity index (χ2n) is 7.29. The number of aryl methyl sites for hydroxylation is 1. The van der Waals surface area contributed by atoms with Crippen molar-refractivity contribution < 1.29 is 9.53 Å². The standard InChI is InChI=1S/C22H25N3O2/c1-15-3-8-20-17(12-23-21(20)11-15)13-25-10-9-18(14-25)24-22(26)16-4-6-19(27-2)7-5-16/h3-8,11-12,18,23H,9-10,13-14H2,1-2H3,(H,24,26). The molecule has 140 valence electrons. The van der Waals surface area contributed by atoms with E-state index in [-0.39, 0.29) is 11.9 Å². The highest BCUT2D eigenvalue weighted by Gasteiger charge is 2.24. The third kappa shape index (κ3) is 3.83. The molecule has 3 aromatic rings. The highest BCUT2D eigenvalue weighted by molar-refractivity contribution is 5.94. The average molecular weight is 363 g/mol. The van der Waals surface area contributed by atoms with Crippen molar-refractivity contribution in [3.63, 3.8) is 0 Å². The molecule has 1 unspecified atom stereocenters. The molecule has 5 nitrogen and oxygen atoms in total. The van der Waals surface area contributed by atoms with Gasteiger partial charge in [-0.3, -0.25) is 9.69 Å². The van der Waals surface area contributed by atoms with E-state index >= 15 is 0 Å². The number of fused-ring (bicyclic) bond motifs is 1. The molecule has 0 spiro atoms. The number of ether oxygens (including phenoxy) is 1. The number of benzene rings is 2. The summed E-state index contributed by atoms with van der Waals surface area (Å²) in [5.74, 6) is 0.736. The zero-order valence-corrected chi connectivity index (χ0v) is 15.8. The first-order valence-electron chi connectivity index (χ1n) is 9.36. The molecule has 2 N–H and O–H groups in total. The lowest BCUT2D eigenvalue weighted by Crippen LogP contribution is -2.36. The Labute approximate surface area is 159 Å². The van der Waals surface area contributed by atoms with Crippen LogP contribution in [0.15, 0.2) is 48.7 Å². The number of methoxy groups -OCH3 is 1. The van der Waals surface area contributed by atoms with Gasteiger partial charge in [0.15, 0.2) is 0 Å². The van der Waals surface area contributed by atoms with E-state index in [2.05, 4.69) is 46.5 Å². The highest BCUT2D eigenvalue weighted by Crippen LogP contribution is 2.23. The second-order valence-corrected chi connectivity index (χ2v) is 7.29. The number of amides is 1. The number of hydrogen-bond acceptors (Lipinski definition) is 3. The van der Waals surface area contributed by atoms with Crippen molar-refractivity contribution in [3.8, 4) is 5.75 Å². The summed E-state index contributed by atoms with van der Waals surface area (Å²) >= 11 is 0. The van der Waals surface area contributed by atoms with Gasteiger partial charge in [-0.05, 0) is 54.8 Å². The van der Waals surface area contributed by atoms with Crippen LogP contribution < -0.4 is 10.1 Å². The van der Waals surface area contributed by atoms with Gasteiger partial charge in [0.1, 0.15) is 5.75 Å². The zero-order valence-electron chi connectivity index (χ0n) is 15.8. The molecule has 27 heavy (non-hydrogen) atoms. The zero-order chi connectivity index (χ0) is 18.8. The predicted octanol–water partition coefficient (Wildman–Crippen LogP) is 3.49. The van der Waals surface area contributed by atoms with Crippen molar-refractivity contribution in [1.82, 2.24) is 15.2 Å². The molecule has 0 aliphatic carbocycles. The molecule has 1 aliphatic heterocycles. The third-order valence-electron chi connectivity index (χ3n) is 5.28. The molecule has 0 bridgehead atoms. The fourth-order valence-corrected chi connectivity index (χ4v) is 3.78. The van der Waals surface area contributed by atoms with Gasteiger partial charge in [0, 0.05) is 48.3 Å². The van der Waals surface area contributed by atoms with Gasteiger partial charge in [0.05, 0.1) is 7.11 Å². The lowest BCUT2D eigenvalue weighted by atomic mass is 10.1. The van der Waals surface area contributed by atoms with E-state index in [0.29, 0.717) is 5.56 Å². The van der Waals surface area contributed by atoms with Crippen LogP contribution in [0, 0.1) is 6.92 Å². The number of aromatic amines is 1. The molecule has 1 aliphatic rings. The van der Waals surface area contributed by atoms with Crippen molar-refractivity contribution in [3.05, 3.63) is 65.4 Å². The highest BCUT2D eigenvalue weighted by atomic mass is 16.5. The Hall–Kier alpha value is -2.79. The van der Waals surface area contributed by atoms with Gasteiger partial charge in [-0.15, -0.1) is 0 Å². The number of nitrogens with zero attached hydrogens (tertiary/aromatic N) is 1. The fourth-order valence-electron chi connectivity index (χ4n) is 3.78. The minimum atomic E-state index is -0.0212. The third-order valence-corrected chi connectivity index (χ3v) is 5.28. The van der Waals surface area contributed by atoms with Crippen LogP contribution in [0.1, 0.15) is 27.9 Å². The smallest absolute Gasteiger partial charge is 0.251 e. The lowest BCUT2D eigenvalue weighted by Gasteiger charge is -2.16. The van der Waals surface area contributed by atoms with Crippen molar-refractivity contribution in [2.75, 3.05) is 20.2 Å². The Morgan fingerprint density at radius 1 is 1.26 bits per heavy atom. The molecule has 1 aromatic heterocycles. The number of carbonyl (C=O) groups excluding carboxylic acids is 1. The van der Waals surface area contributed by atoms with Gasteiger partial charge in [-0.1, -0.05) is 12.1 Å². The maximum Gasteiger partial charge on any atom is 0.251 e. The molecule has 2 aromatic carbocycles. The van der Waals surface area contributed by atoms with Crippen LogP contribution in [0.25, 0.3) is 10.9 Å². The van der Waals surface area contributed by atoms with Crippen LogP contribution >= 0.6 is 0 Å². The van der Waals surface area contributed by atoms with E-state index < -0.39 is 0 Å². The topological polar surface area (TPSA) is 57.4 Å². The van der Waals surface area contributed by atoms with E-state index in [1.807, 2.05) is 12.1 Å². The molecule has 2 heterocycles. The second kappa shape index (κ2) is 7.45. The number of H-pyrrole nitrogens is 1. The fraction of sp³-hybridized carbons (Fsp3) is 0.318. The molecule has 1 saturated heterocycles. The quantitative estimate of drug-likeness (QED) is 0.730. The number of rotatable bonds is 5. The SMILES string of the molecule is COc1ccc(C(=O)NC2CCN(Cc3c[nH]c4cc(C)ccc34)C2)cc1. The first kappa shape index (κ1) is 17.6. The maximum atomic E-state index is 12.5. The summed E-state index contributed by atoms with van der Waals surface area (Å²) in [6, 6.07) is 13.9. The monoisotopic (exact) mass is 363 g/mol. The Bertz CT molecular complexity index is 946. The lowest BCUT2D eigenvalue weighted by molar-refractivity contribution is 0.0937. The summed E-state index contributed by atoms with van der Waals surface area (Å²) in [6.45, 7) is 4.88. The summed E-state index contributed by atoms with van der Waals surface area (Å²) in [4.78, 5) is 18.2. The molecule has 1 amide bonds. The minimum Gasteiger partial charge on any atom is -0.497 e. The van der Waals surface area contributed by atoms with Gasteiger partial charge in [-0.25, -0.2) is 0 Å². The Morgan fingerprint density at radius 3 is 2.85 bits per heavy atom. The normalized spacial score (nSPS) is 17.3. The molecule has 4 rings (SSSR count). The largest absolute Gasteiger partial charge is 0.497 e. The number of nitrogens with one attached hydrogen (secondary N) is 2. The number of carbonyl (C=O) groups is 1. The van der Waals surface area contributed by atoms with Crippen LogP contribution in [0.3, 0.4) is 0 Å². The maximum absolute atomic E-state index is 12.5. The Balaban J connectivity index is 1.36. The molecule has 1 atom stereocenters. The molecule has 0 saturated carbocycles. The van der Waals surface area contributed by atoms with E-state index in [0.717, 1.165) is 31.8 Å². The van der Waals surface area contributed by atoms with Gasteiger partial charge in [0.25, 0.3) is 5.91 Å². The van der Waals surface area contributed by atoms with Gasteiger partial charge < -0.3 is 15.0 Å². The first-order chi connectivity index (χ1) is 13.1. The molecule has 5 heteroatoms. The molecule has 0 radical (unpaired) electrons. The van der Waals surface area contributed by atoms with Gasteiger partial charge in [0.2, 0.25) is 0 Å². The van der Waals surface area contributed by atoms with Crippen molar-refractivity contribution >= 4 is 16.8 Å². The van der Waals surface area contributed by atoms with Gasteiger partial charge >= 0.3 is 0 Å². The number of aromatic nitrogens is 1. The van der Waals surface area contributed by atoms with Crippen LogP contribution in [0.2, 0.25) is 0 Å². The average Bonchev–Trinajstić information content (AvgIpc) is 3.28. The summed E-state index contributed by atoms with van der Waals surface area (Å²) in [6.07, 6.45) is 3.08. The summed E-state index contributed by atoms with van der Waals surface area (Å²) in [7, 11) is 1.62. The van der Waals surface area contributed by atoms with E-state index in [9.17, 15) is 4.79 Å². The van der Waals surface area contributed by atoms with E-state index in [4.69, 9.17) is 4.74 Å². The van der Waals surface area contributed by atoms with Gasteiger partial charge in [-0.2, -0.15) is 0 Å². The summed E-state index contributed by atoms with van der Waals surface area (Å²) < 4.78 is 5.14. The van der Waals surface area contributed by atoms with Crippen LogP contribution in [-0.4, -0.2) is 42.0 Å². The van der Waals surface area contributed by atoms with Crippen molar-refractivity contribution in [2.24, 2.45) is 0 Å². The number of likely N-dealkylation sites (tertiary alicyclic amines) is 1. The first-order valence-corrected chi connectivity index (χ1v) is 9.36. The van der Waals surface area contributed by atoms with Crippen LogP contribution in [0.4, 0.5) is 0 Å². The summed E-state index contributed by atoms with van der Waals surface area (Å²) in [5.41, 5.74) is 4.43. The number of hydrogen-bond donors (Lipinski definition) is 2. The predicted molar refractivity (Wildman–Crippen MR) is 107 cm³/mol. The van der Waals surface area contributed by atoms with Crippen LogP contribution in [-0.2, 0) is 6.54 Å². The van der Waals surface area contributed by atoms with E-state index in [1.54, 1.807) is 19.2 Å². The molecular weight excluding hydrogens is 338 g/mol.